The average Bonchev–Trinajstić information content (AvgIpc) is 2.28. The Labute approximate surface area is 91.8 Å². The predicted molar refractivity (Wildman–Crippen MR) is 64.6 cm³/mol. The highest BCUT2D eigenvalue weighted by molar-refractivity contribution is 6.00. The molecule has 1 nitrogen and oxygen atoms in total. The van der Waals surface area contributed by atoms with Crippen molar-refractivity contribution in [3.8, 4) is 0 Å². The Morgan fingerprint density at radius 2 is 1.93 bits per heavy atom. The smallest absolute Gasteiger partial charge is 0.161 e. The molecule has 0 fully saturated rings. The standard InChI is InChI=1S/C14H18O/c1-4-11(2)14(15)12(3)10-13-8-6-5-7-9-13/h5-11H,4H2,1-3H3/b12-10+/t11-/m0/s1. The first-order chi connectivity index (χ1) is 7.15. The summed E-state index contributed by atoms with van der Waals surface area (Å²) in [6, 6.07) is 9.95. The highest BCUT2D eigenvalue weighted by Crippen LogP contribution is 2.13. The van der Waals surface area contributed by atoms with Crippen LogP contribution < -0.4 is 0 Å². The maximum atomic E-state index is 11.8. The Balaban J connectivity index is 2.81. The molecule has 0 radical (unpaired) electrons. The van der Waals surface area contributed by atoms with Gasteiger partial charge in [-0.05, 0) is 30.6 Å². The number of rotatable bonds is 4. The average molecular weight is 202 g/mol. The molecule has 1 aromatic carbocycles. The second kappa shape index (κ2) is 5.50. The third-order valence-corrected chi connectivity index (χ3v) is 2.63. The predicted octanol–water partition coefficient (Wildman–Crippen LogP) is 3.71. The molecule has 0 saturated carbocycles. The summed E-state index contributed by atoms with van der Waals surface area (Å²) in [5.74, 6) is 0.381. The second-order valence-electron chi connectivity index (χ2n) is 3.91. The quantitative estimate of drug-likeness (QED) is 0.680. The first-order valence-electron chi connectivity index (χ1n) is 5.42. The Bertz CT molecular complexity index is 349. The van der Waals surface area contributed by atoms with Gasteiger partial charge in [0.1, 0.15) is 0 Å². The van der Waals surface area contributed by atoms with E-state index in [0.29, 0.717) is 0 Å². The first-order valence-corrected chi connectivity index (χ1v) is 5.42. The van der Waals surface area contributed by atoms with E-state index in [9.17, 15) is 4.79 Å². The number of hydrogen-bond donors (Lipinski definition) is 0. The van der Waals surface area contributed by atoms with Crippen LogP contribution in [0.15, 0.2) is 35.9 Å². The summed E-state index contributed by atoms with van der Waals surface area (Å²) in [6.07, 6.45) is 2.85. The van der Waals surface area contributed by atoms with Gasteiger partial charge in [0.05, 0.1) is 0 Å². The minimum absolute atomic E-state index is 0.130. The minimum Gasteiger partial charge on any atom is -0.294 e. The number of carbonyl (C=O) groups excluding carboxylic acids is 1. The van der Waals surface area contributed by atoms with Crippen molar-refractivity contribution in [2.45, 2.75) is 27.2 Å². The molecule has 15 heavy (non-hydrogen) atoms. The highest BCUT2D eigenvalue weighted by Gasteiger charge is 2.11. The van der Waals surface area contributed by atoms with Crippen molar-refractivity contribution >= 4 is 11.9 Å². The van der Waals surface area contributed by atoms with Crippen LogP contribution in [0.4, 0.5) is 0 Å². The molecule has 1 atom stereocenters. The number of allylic oxidation sites excluding steroid dienone is 1. The molecule has 0 bridgehead atoms. The van der Waals surface area contributed by atoms with Gasteiger partial charge < -0.3 is 0 Å². The van der Waals surface area contributed by atoms with Crippen molar-refractivity contribution in [2.75, 3.05) is 0 Å². The topological polar surface area (TPSA) is 17.1 Å². The fourth-order valence-electron chi connectivity index (χ4n) is 1.44. The Hall–Kier alpha value is -1.37. The van der Waals surface area contributed by atoms with Gasteiger partial charge in [0.25, 0.3) is 0 Å². The molecule has 0 amide bonds. The normalized spacial score (nSPS) is 13.7. The molecular formula is C14H18O. The maximum Gasteiger partial charge on any atom is 0.161 e. The van der Waals surface area contributed by atoms with Crippen molar-refractivity contribution in [3.05, 3.63) is 41.5 Å². The van der Waals surface area contributed by atoms with Crippen molar-refractivity contribution in [1.82, 2.24) is 0 Å². The molecular weight excluding hydrogens is 184 g/mol. The lowest BCUT2D eigenvalue weighted by atomic mass is 9.97. The highest BCUT2D eigenvalue weighted by atomic mass is 16.1. The van der Waals surface area contributed by atoms with Crippen molar-refractivity contribution in [2.24, 2.45) is 5.92 Å². The lowest BCUT2D eigenvalue weighted by molar-refractivity contribution is -0.118. The Morgan fingerprint density at radius 3 is 2.47 bits per heavy atom. The van der Waals surface area contributed by atoms with Gasteiger partial charge >= 0.3 is 0 Å². The maximum absolute atomic E-state index is 11.8. The van der Waals surface area contributed by atoms with Crippen LogP contribution in [-0.2, 0) is 4.79 Å². The summed E-state index contributed by atoms with van der Waals surface area (Å²) in [5, 5.41) is 0. The van der Waals surface area contributed by atoms with Gasteiger partial charge in [-0.2, -0.15) is 0 Å². The number of Topliss-reactive ketones (excluding diaryl/α,β-unsaturated/α-hetero) is 1. The van der Waals surface area contributed by atoms with E-state index in [0.717, 1.165) is 17.6 Å². The molecule has 0 saturated heterocycles. The van der Waals surface area contributed by atoms with Crippen LogP contribution in [0.25, 0.3) is 6.08 Å². The summed E-state index contributed by atoms with van der Waals surface area (Å²) in [5.41, 5.74) is 1.93. The van der Waals surface area contributed by atoms with Crippen LogP contribution in [-0.4, -0.2) is 5.78 Å². The van der Waals surface area contributed by atoms with Crippen LogP contribution >= 0.6 is 0 Å². The van der Waals surface area contributed by atoms with Crippen LogP contribution in [0.5, 0.6) is 0 Å². The zero-order chi connectivity index (χ0) is 11.3. The third kappa shape index (κ3) is 3.35. The van der Waals surface area contributed by atoms with E-state index in [2.05, 4.69) is 0 Å². The van der Waals surface area contributed by atoms with Gasteiger partial charge in [-0.25, -0.2) is 0 Å². The molecule has 1 aromatic rings. The summed E-state index contributed by atoms with van der Waals surface area (Å²) in [7, 11) is 0. The van der Waals surface area contributed by atoms with E-state index >= 15 is 0 Å². The Morgan fingerprint density at radius 1 is 1.33 bits per heavy atom. The van der Waals surface area contributed by atoms with Gasteiger partial charge in [-0.3, -0.25) is 4.79 Å². The van der Waals surface area contributed by atoms with E-state index in [1.807, 2.05) is 57.2 Å². The monoisotopic (exact) mass is 202 g/mol. The molecule has 0 aliphatic carbocycles. The number of benzene rings is 1. The third-order valence-electron chi connectivity index (χ3n) is 2.63. The first kappa shape index (κ1) is 11.7. The van der Waals surface area contributed by atoms with Crippen molar-refractivity contribution < 1.29 is 4.79 Å². The summed E-state index contributed by atoms with van der Waals surface area (Å²) >= 11 is 0. The van der Waals surface area contributed by atoms with Gasteiger partial charge in [0.15, 0.2) is 5.78 Å². The van der Waals surface area contributed by atoms with Crippen LogP contribution in [0.1, 0.15) is 32.8 Å². The van der Waals surface area contributed by atoms with Gasteiger partial charge in [0.2, 0.25) is 0 Å². The van der Waals surface area contributed by atoms with E-state index in [1.165, 1.54) is 0 Å². The largest absolute Gasteiger partial charge is 0.294 e. The lowest BCUT2D eigenvalue weighted by Gasteiger charge is -2.07. The molecule has 0 N–H and O–H groups in total. The summed E-state index contributed by atoms with van der Waals surface area (Å²) < 4.78 is 0. The molecule has 0 heterocycles. The second-order valence-corrected chi connectivity index (χ2v) is 3.91. The molecule has 0 spiro atoms. The van der Waals surface area contributed by atoms with E-state index < -0.39 is 0 Å². The van der Waals surface area contributed by atoms with E-state index in [4.69, 9.17) is 0 Å². The Kier molecular flexibility index (Phi) is 4.29. The molecule has 0 aliphatic heterocycles. The van der Waals surface area contributed by atoms with Crippen LogP contribution in [0.2, 0.25) is 0 Å². The SMILES string of the molecule is CC[C@H](C)C(=O)/C(C)=C/c1ccccc1. The molecule has 0 unspecified atom stereocenters. The number of hydrogen-bond acceptors (Lipinski definition) is 1. The number of ketones is 1. The fourth-order valence-corrected chi connectivity index (χ4v) is 1.44. The fraction of sp³-hybridized carbons (Fsp3) is 0.357. The van der Waals surface area contributed by atoms with Gasteiger partial charge in [-0.1, -0.05) is 44.2 Å². The van der Waals surface area contributed by atoms with Gasteiger partial charge in [0, 0.05) is 5.92 Å². The van der Waals surface area contributed by atoms with E-state index in [1.54, 1.807) is 0 Å². The molecule has 0 aliphatic rings. The minimum atomic E-state index is 0.130. The molecule has 1 heteroatoms. The summed E-state index contributed by atoms with van der Waals surface area (Å²) in [6.45, 7) is 5.91. The summed E-state index contributed by atoms with van der Waals surface area (Å²) in [4.78, 5) is 11.8. The zero-order valence-electron chi connectivity index (χ0n) is 9.66. The lowest BCUT2D eigenvalue weighted by Crippen LogP contribution is -2.10. The number of carbonyl (C=O) groups is 1. The van der Waals surface area contributed by atoms with Crippen LogP contribution in [0.3, 0.4) is 0 Å². The van der Waals surface area contributed by atoms with Crippen molar-refractivity contribution in [1.29, 1.82) is 0 Å². The van der Waals surface area contributed by atoms with E-state index in [-0.39, 0.29) is 11.7 Å². The zero-order valence-corrected chi connectivity index (χ0v) is 9.66. The van der Waals surface area contributed by atoms with Gasteiger partial charge in [-0.15, -0.1) is 0 Å². The molecule has 0 aromatic heterocycles. The van der Waals surface area contributed by atoms with Crippen LogP contribution in [0, 0.1) is 5.92 Å². The molecule has 80 valence electrons. The molecule has 1 rings (SSSR count). The van der Waals surface area contributed by atoms with Crippen molar-refractivity contribution in [3.63, 3.8) is 0 Å².